The van der Waals surface area contributed by atoms with E-state index in [1.807, 2.05) is 18.7 Å². The van der Waals surface area contributed by atoms with Crippen LogP contribution in [0.5, 0.6) is 0 Å². The third-order valence-corrected chi connectivity index (χ3v) is 5.42. The summed E-state index contributed by atoms with van der Waals surface area (Å²) in [6.07, 6.45) is 0. The van der Waals surface area contributed by atoms with Crippen molar-refractivity contribution >= 4 is 51.5 Å². The number of carbonyl (C=O) groups is 2. The second-order valence-corrected chi connectivity index (χ2v) is 7.39. The maximum Gasteiger partial charge on any atom is 0.257 e. The Hall–Kier alpha value is -2.45. The molecule has 148 valence electrons. The molecule has 2 aromatic carbocycles. The molecule has 0 bridgehead atoms. The molecule has 2 amide bonds. The Balaban J connectivity index is 2.00. The van der Waals surface area contributed by atoms with Crippen molar-refractivity contribution in [2.75, 3.05) is 29.5 Å². The molecular weight excluding hydrogens is 397 g/mol. The zero-order valence-corrected chi connectivity index (χ0v) is 17.3. The van der Waals surface area contributed by atoms with E-state index in [2.05, 4.69) is 10.6 Å². The van der Waals surface area contributed by atoms with Gasteiger partial charge in [-0.05, 0) is 50.2 Å². The highest BCUT2D eigenvalue weighted by Gasteiger charge is 2.15. The number of benzene rings is 2. The molecule has 0 fully saturated rings. The van der Waals surface area contributed by atoms with Gasteiger partial charge in [-0.1, -0.05) is 36.1 Å². The van der Waals surface area contributed by atoms with Crippen LogP contribution in [0.25, 0.3) is 0 Å². The highest BCUT2D eigenvalue weighted by Crippen LogP contribution is 2.19. The number of thioether (sulfide) groups is 1. The first-order valence-corrected chi connectivity index (χ1v) is 10.2. The Morgan fingerprint density at radius 3 is 2.32 bits per heavy atom. The number of hydrogen-bond acceptors (Lipinski definition) is 4. The fourth-order valence-corrected chi connectivity index (χ4v) is 3.61. The summed E-state index contributed by atoms with van der Waals surface area (Å²) < 4.78 is 13.7. The number of nitrogens with zero attached hydrogens (tertiary/aromatic N) is 1. The first kappa shape index (κ1) is 21.8. The van der Waals surface area contributed by atoms with E-state index < -0.39 is 5.91 Å². The molecule has 0 aliphatic carbocycles. The van der Waals surface area contributed by atoms with Gasteiger partial charge in [-0.2, -0.15) is 0 Å². The van der Waals surface area contributed by atoms with Crippen molar-refractivity contribution < 1.29 is 14.0 Å². The second kappa shape index (κ2) is 10.8. The number of nitrogens with one attached hydrogen (secondary N) is 2. The highest BCUT2D eigenvalue weighted by atomic mass is 32.2. The molecule has 2 N–H and O–H groups in total. The van der Waals surface area contributed by atoms with Gasteiger partial charge in [0.05, 0.1) is 17.0 Å². The maximum absolute atomic E-state index is 13.0. The van der Waals surface area contributed by atoms with E-state index in [0.717, 1.165) is 13.1 Å². The number of rotatable bonds is 7. The van der Waals surface area contributed by atoms with Gasteiger partial charge in [-0.25, -0.2) is 4.39 Å². The molecule has 2 rings (SSSR count). The normalized spacial score (nSPS) is 10.2. The highest BCUT2D eigenvalue weighted by molar-refractivity contribution is 8.23. The van der Waals surface area contributed by atoms with Gasteiger partial charge in [0.2, 0.25) is 5.91 Å². The molecule has 8 heteroatoms. The van der Waals surface area contributed by atoms with E-state index in [1.54, 1.807) is 24.3 Å². The number of thiocarbonyl (C=S) groups is 1. The Morgan fingerprint density at radius 2 is 1.68 bits per heavy atom. The molecule has 5 nitrogen and oxygen atoms in total. The van der Waals surface area contributed by atoms with Gasteiger partial charge in [0.15, 0.2) is 0 Å². The molecule has 0 unspecified atom stereocenters. The van der Waals surface area contributed by atoms with Gasteiger partial charge in [-0.15, -0.1) is 0 Å². The Morgan fingerprint density at radius 1 is 1.04 bits per heavy atom. The van der Waals surface area contributed by atoms with E-state index in [-0.39, 0.29) is 17.5 Å². The van der Waals surface area contributed by atoms with E-state index >= 15 is 0 Å². The van der Waals surface area contributed by atoms with Crippen LogP contribution in [0, 0.1) is 5.82 Å². The van der Waals surface area contributed by atoms with Crippen molar-refractivity contribution in [3.8, 4) is 0 Å². The van der Waals surface area contributed by atoms with Crippen LogP contribution in [0.3, 0.4) is 0 Å². The van der Waals surface area contributed by atoms with Crippen molar-refractivity contribution in [1.82, 2.24) is 4.90 Å². The SMILES string of the molecule is CCN(CC)C(=S)SCC(=O)Nc1ccccc1C(=O)Nc1ccc(F)cc1. The zero-order valence-electron chi connectivity index (χ0n) is 15.7. The average Bonchev–Trinajstić information content (AvgIpc) is 2.69. The summed E-state index contributed by atoms with van der Waals surface area (Å²) in [6, 6.07) is 12.2. The summed E-state index contributed by atoms with van der Waals surface area (Å²) in [4.78, 5) is 26.8. The van der Waals surface area contributed by atoms with Gasteiger partial charge in [0.1, 0.15) is 10.1 Å². The van der Waals surface area contributed by atoms with Gasteiger partial charge in [-0.3, -0.25) is 9.59 Å². The quantitative estimate of drug-likeness (QED) is 0.653. The molecule has 0 aliphatic rings. The lowest BCUT2D eigenvalue weighted by atomic mass is 10.1. The van der Waals surface area contributed by atoms with Crippen LogP contribution in [0.2, 0.25) is 0 Å². The van der Waals surface area contributed by atoms with Crippen molar-refractivity contribution in [3.63, 3.8) is 0 Å². The van der Waals surface area contributed by atoms with Gasteiger partial charge >= 0.3 is 0 Å². The van der Waals surface area contributed by atoms with E-state index in [4.69, 9.17) is 12.2 Å². The maximum atomic E-state index is 13.0. The van der Waals surface area contributed by atoms with Crippen molar-refractivity contribution in [3.05, 3.63) is 59.9 Å². The third-order valence-electron chi connectivity index (χ3n) is 3.90. The fourth-order valence-electron chi connectivity index (χ4n) is 2.41. The van der Waals surface area contributed by atoms with Crippen LogP contribution in [0.1, 0.15) is 24.2 Å². The number of halogens is 1. The van der Waals surface area contributed by atoms with E-state index in [1.165, 1.54) is 36.0 Å². The average molecular weight is 420 g/mol. The van der Waals surface area contributed by atoms with Crippen molar-refractivity contribution in [1.29, 1.82) is 0 Å². The summed E-state index contributed by atoms with van der Waals surface area (Å²) in [5, 5.41) is 5.45. The molecule has 0 radical (unpaired) electrons. The van der Waals surface area contributed by atoms with Crippen molar-refractivity contribution in [2.45, 2.75) is 13.8 Å². The number of para-hydroxylation sites is 1. The number of anilines is 2. The third kappa shape index (κ3) is 6.31. The minimum atomic E-state index is -0.395. The number of amides is 2. The summed E-state index contributed by atoms with van der Waals surface area (Å²) in [7, 11) is 0. The lowest BCUT2D eigenvalue weighted by Gasteiger charge is -2.20. The second-order valence-electron chi connectivity index (χ2n) is 5.78. The molecule has 0 aromatic heterocycles. The van der Waals surface area contributed by atoms with E-state index in [0.29, 0.717) is 21.3 Å². The molecule has 28 heavy (non-hydrogen) atoms. The monoisotopic (exact) mass is 419 g/mol. The predicted octanol–water partition coefficient (Wildman–Crippen LogP) is 4.38. The lowest BCUT2D eigenvalue weighted by Crippen LogP contribution is -2.28. The topological polar surface area (TPSA) is 61.4 Å². The van der Waals surface area contributed by atoms with Gasteiger partial charge < -0.3 is 15.5 Å². The first-order chi connectivity index (χ1) is 13.4. The first-order valence-electron chi connectivity index (χ1n) is 8.82. The van der Waals surface area contributed by atoms with E-state index in [9.17, 15) is 14.0 Å². The summed E-state index contributed by atoms with van der Waals surface area (Å²) in [5.74, 6) is -0.871. The Bertz CT molecular complexity index is 840. The lowest BCUT2D eigenvalue weighted by molar-refractivity contribution is -0.113. The van der Waals surface area contributed by atoms with Crippen LogP contribution >= 0.6 is 24.0 Å². The smallest absolute Gasteiger partial charge is 0.257 e. The minimum absolute atomic E-state index is 0.156. The Labute approximate surface area is 173 Å². The molecule has 0 aliphatic heterocycles. The number of hydrogen-bond donors (Lipinski definition) is 2. The Kier molecular flexibility index (Phi) is 8.41. The molecule has 0 atom stereocenters. The molecule has 0 saturated heterocycles. The van der Waals surface area contributed by atoms with Crippen molar-refractivity contribution in [2.24, 2.45) is 0 Å². The molecule has 0 heterocycles. The molecule has 2 aromatic rings. The van der Waals surface area contributed by atoms with Crippen LogP contribution in [0.4, 0.5) is 15.8 Å². The minimum Gasteiger partial charge on any atom is -0.358 e. The zero-order chi connectivity index (χ0) is 20.5. The molecule has 0 spiro atoms. The largest absolute Gasteiger partial charge is 0.358 e. The van der Waals surface area contributed by atoms with Gasteiger partial charge in [0, 0.05) is 18.8 Å². The van der Waals surface area contributed by atoms with Crippen LogP contribution < -0.4 is 10.6 Å². The predicted molar refractivity (Wildman–Crippen MR) is 117 cm³/mol. The standard InChI is InChI=1S/C20H22FN3O2S2/c1-3-24(4-2)20(27)28-13-18(25)23-17-8-6-5-7-16(17)19(26)22-15-11-9-14(21)10-12-15/h5-12H,3-4,13H2,1-2H3,(H,22,26)(H,23,25). The summed E-state index contributed by atoms with van der Waals surface area (Å²) in [6.45, 7) is 5.59. The van der Waals surface area contributed by atoms with Crippen LogP contribution in [-0.4, -0.2) is 39.9 Å². The summed E-state index contributed by atoms with van der Waals surface area (Å²) >= 11 is 6.61. The molecular formula is C20H22FN3O2S2. The van der Waals surface area contributed by atoms with Crippen LogP contribution in [-0.2, 0) is 4.79 Å². The molecule has 0 saturated carbocycles. The summed E-state index contributed by atoms with van der Waals surface area (Å²) in [5.41, 5.74) is 1.19. The van der Waals surface area contributed by atoms with Gasteiger partial charge in [0.25, 0.3) is 5.91 Å². The number of carbonyl (C=O) groups excluding carboxylic acids is 2. The fraction of sp³-hybridized carbons (Fsp3) is 0.250. The van der Waals surface area contributed by atoms with Crippen LogP contribution in [0.15, 0.2) is 48.5 Å².